The lowest BCUT2D eigenvalue weighted by Crippen LogP contribution is -2.47. The quantitative estimate of drug-likeness (QED) is 0.0612. The van der Waals surface area contributed by atoms with Crippen LogP contribution in [0.1, 0.15) is 149 Å². The summed E-state index contributed by atoms with van der Waals surface area (Å²) in [5, 5.41) is 20.9. The van der Waals surface area contributed by atoms with Crippen molar-refractivity contribution >= 4 is 23.6 Å². The van der Waals surface area contributed by atoms with E-state index in [1.807, 2.05) is 19.1 Å². The molecule has 0 aliphatic carbocycles. The molecule has 2 atom stereocenters. The van der Waals surface area contributed by atoms with E-state index in [1.54, 1.807) is 12.1 Å². The van der Waals surface area contributed by atoms with Crippen LogP contribution in [-0.4, -0.2) is 33.8 Å². The van der Waals surface area contributed by atoms with Gasteiger partial charge in [-0.25, -0.2) is 0 Å². The van der Waals surface area contributed by atoms with Crippen LogP contribution in [0.5, 0.6) is 11.5 Å². The number of unbranched alkanes of at least 4 members (excludes halogenated alkanes) is 8. The summed E-state index contributed by atoms with van der Waals surface area (Å²) in [5.74, 6) is -3.52. The standard InChI is InChI=1S/C38H58N4O6/c1-5-9-12-15-19-28-22-17-24-31(43)33(28)37(47)41-39-35(45)27(8-4)26-30(21-14-11-7-3)36(46)40-42-38(48)34-29(20-16-13-10-6-2)23-18-25-32(34)44/h17-18,22-25,27,30,43-44H,5-16,19-21,26H2,1-4H3,(H,39,45)(H,40,46)(H,41,47)(H,42,48). The average Bonchev–Trinajstić information content (AvgIpc) is 3.07. The second kappa shape index (κ2) is 22.5. The maximum absolute atomic E-state index is 13.4. The Bertz CT molecular complexity index is 1310. The highest BCUT2D eigenvalue weighted by atomic mass is 16.3. The summed E-state index contributed by atoms with van der Waals surface area (Å²) in [5.41, 5.74) is 11.7. The van der Waals surface area contributed by atoms with E-state index < -0.39 is 35.5 Å². The fraction of sp³-hybridized carbons (Fsp3) is 0.579. The van der Waals surface area contributed by atoms with Gasteiger partial charge >= 0.3 is 0 Å². The van der Waals surface area contributed by atoms with Crippen molar-refractivity contribution in [3.8, 4) is 11.5 Å². The molecule has 0 aliphatic rings. The van der Waals surface area contributed by atoms with Gasteiger partial charge in [0, 0.05) is 11.8 Å². The Hall–Kier alpha value is -4.08. The largest absolute Gasteiger partial charge is 0.507 e. The predicted molar refractivity (Wildman–Crippen MR) is 189 cm³/mol. The third-order valence-corrected chi connectivity index (χ3v) is 8.87. The highest BCUT2D eigenvalue weighted by molar-refractivity contribution is 6.00. The van der Waals surface area contributed by atoms with Gasteiger partial charge in [-0.1, -0.05) is 110 Å². The van der Waals surface area contributed by atoms with E-state index >= 15 is 0 Å². The Morgan fingerprint density at radius 2 is 1.00 bits per heavy atom. The molecule has 0 radical (unpaired) electrons. The number of aromatic hydroxyl groups is 2. The lowest BCUT2D eigenvalue weighted by Gasteiger charge is -2.22. The molecule has 0 aliphatic heterocycles. The smallest absolute Gasteiger partial charge is 0.273 e. The third kappa shape index (κ3) is 13.2. The molecule has 2 unspecified atom stereocenters. The molecule has 2 aromatic rings. The van der Waals surface area contributed by atoms with Crippen LogP contribution in [0.15, 0.2) is 36.4 Å². The highest BCUT2D eigenvalue weighted by Crippen LogP contribution is 2.25. The van der Waals surface area contributed by atoms with Crippen LogP contribution in [0.4, 0.5) is 0 Å². The van der Waals surface area contributed by atoms with Gasteiger partial charge < -0.3 is 10.2 Å². The fourth-order valence-corrected chi connectivity index (χ4v) is 5.96. The van der Waals surface area contributed by atoms with Gasteiger partial charge in [-0.2, -0.15) is 0 Å². The Kier molecular flexibility index (Phi) is 18.8. The van der Waals surface area contributed by atoms with Crippen LogP contribution in [0.3, 0.4) is 0 Å². The molecule has 266 valence electrons. The second-order valence-electron chi connectivity index (χ2n) is 12.7. The summed E-state index contributed by atoms with van der Waals surface area (Å²) in [6.07, 6.45) is 13.2. The molecule has 0 bridgehead atoms. The van der Waals surface area contributed by atoms with E-state index in [9.17, 15) is 29.4 Å². The first-order valence-electron chi connectivity index (χ1n) is 18.0. The number of hydrogen-bond acceptors (Lipinski definition) is 6. The molecular weight excluding hydrogens is 608 g/mol. The molecule has 6 N–H and O–H groups in total. The van der Waals surface area contributed by atoms with Gasteiger partial charge in [0.2, 0.25) is 11.8 Å². The number of nitrogens with one attached hydrogen (secondary N) is 4. The number of carbonyl (C=O) groups is 4. The lowest BCUT2D eigenvalue weighted by molar-refractivity contribution is -0.129. The molecule has 4 amide bonds. The Balaban J connectivity index is 2.06. The third-order valence-electron chi connectivity index (χ3n) is 8.87. The van der Waals surface area contributed by atoms with E-state index in [1.165, 1.54) is 12.1 Å². The molecule has 10 nitrogen and oxygen atoms in total. The van der Waals surface area contributed by atoms with Crippen LogP contribution in [0, 0.1) is 11.8 Å². The van der Waals surface area contributed by atoms with E-state index in [-0.39, 0.29) is 29.0 Å². The van der Waals surface area contributed by atoms with Gasteiger partial charge in [-0.15, -0.1) is 0 Å². The van der Waals surface area contributed by atoms with Crippen LogP contribution >= 0.6 is 0 Å². The average molecular weight is 667 g/mol. The zero-order valence-electron chi connectivity index (χ0n) is 29.5. The number of amides is 4. The molecule has 0 fully saturated rings. The predicted octanol–water partition coefficient (Wildman–Crippen LogP) is 7.18. The van der Waals surface area contributed by atoms with Gasteiger partial charge in [0.25, 0.3) is 11.8 Å². The number of carbonyl (C=O) groups excluding carboxylic acids is 4. The summed E-state index contributed by atoms with van der Waals surface area (Å²) in [4.78, 5) is 52.9. The number of rotatable bonds is 21. The van der Waals surface area contributed by atoms with Crippen molar-refractivity contribution in [3.05, 3.63) is 58.7 Å². The monoisotopic (exact) mass is 666 g/mol. The first-order valence-corrected chi connectivity index (χ1v) is 18.0. The van der Waals surface area contributed by atoms with Crippen LogP contribution in [0.25, 0.3) is 0 Å². The molecule has 2 aromatic carbocycles. The van der Waals surface area contributed by atoms with Gasteiger partial charge in [-0.3, -0.25) is 40.9 Å². The molecule has 0 aromatic heterocycles. The fourth-order valence-electron chi connectivity index (χ4n) is 5.96. The van der Waals surface area contributed by atoms with Crippen molar-refractivity contribution in [2.75, 3.05) is 0 Å². The van der Waals surface area contributed by atoms with E-state index in [0.29, 0.717) is 31.2 Å². The lowest BCUT2D eigenvalue weighted by atomic mass is 9.88. The van der Waals surface area contributed by atoms with Crippen molar-refractivity contribution in [2.24, 2.45) is 11.8 Å². The Morgan fingerprint density at radius 3 is 1.44 bits per heavy atom. The van der Waals surface area contributed by atoms with Crippen LogP contribution in [0.2, 0.25) is 0 Å². The summed E-state index contributed by atoms with van der Waals surface area (Å²) in [6.45, 7) is 8.16. The van der Waals surface area contributed by atoms with Crippen LogP contribution in [-0.2, 0) is 22.4 Å². The summed E-state index contributed by atoms with van der Waals surface area (Å²) >= 11 is 0. The first kappa shape index (κ1) is 40.1. The van der Waals surface area contributed by atoms with E-state index in [2.05, 4.69) is 42.5 Å². The second-order valence-corrected chi connectivity index (χ2v) is 12.7. The minimum Gasteiger partial charge on any atom is -0.507 e. The number of phenols is 2. The van der Waals surface area contributed by atoms with Crippen molar-refractivity contribution < 1.29 is 29.4 Å². The summed E-state index contributed by atoms with van der Waals surface area (Å²) < 4.78 is 0. The van der Waals surface area contributed by atoms with Crippen LogP contribution < -0.4 is 21.7 Å². The molecule has 0 saturated heterocycles. The maximum atomic E-state index is 13.4. The number of aryl methyl sites for hydroxylation is 2. The highest BCUT2D eigenvalue weighted by Gasteiger charge is 2.28. The van der Waals surface area contributed by atoms with Crippen molar-refractivity contribution in [1.29, 1.82) is 0 Å². The topological polar surface area (TPSA) is 157 Å². The summed E-state index contributed by atoms with van der Waals surface area (Å²) in [7, 11) is 0. The minimum atomic E-state index is -0.601. The van der Waals surface area contributed by atoms with E-state index in [0.717, 1.165) is 76.2 Å². The van der Waals surface area contributed by atoms with Gasteiger partial charge in [-0.05, 0) is 68.2 Å². The molecule has 48 heavy (non-hydrogen) atoms. The molecule has 0 saturated carbocycles. The molecule has 0 heterocycles. The zero-order valence-corrected chi connectivity index (χ0v) is 29.5. The maximum Gasteiger partial charge on any atom is 0.273 e. The van der Waals surface area contributed by atoms with Gasteiger partial charge in [0.15, 0.2) is 0 Å². The molecular formula is C38H58N4O6. The molecule has 2 rings (SSSR count). The Labute approximate surface area is 286 Å². The van der Waals surface area contributed by atoms with Gasteiger partial charge in [0.1, 0.15) is 11.5 Å². The number of hydrogen-bond donors (Lipinski definition) is 6. The molecule has 0 spiro atoms. The number of hydrazine groups is 2. The van der Waals surface area contributed by atoms with E-state index in [4.69, 9.17) is 0 Å². The van der Waals surface area contributed by atoms with Gasteiger partial charge in [0.05, 0.1) is 11.1 Å². The van der Waals surface area contributed by atoms with Crippen molar-refractivity contribution in [3.63, 3.8) is 0 Å². The number of benzene rings is 2. The zero-order chi connectivity index (χ0) is 35.3. The van der Waals surface area contributed by atoms with Crippen molar-refractivity contribution in [1.82, 2.24) is 21.7 Å². The first-order chi connectivity index (χ1) is 23.2. The number of phenolic OH excluding ortho intramolecular Hbond substituents is 2. The SMILES string of the molecule is CCCCCCc1cccc(O)c1C(=O)NNC(=O)C(CC)CC(CCCCC)C(=O)NNC(=O)c1c(O)cccc1CCCCCC. The Morgan fingerprint density at radius 1 is 0.562 bits per heavy atom. The minimum absolute atomic E-state index is 0.142. The molecule has 10 heteroatoms. The normalized spacial score (nSPS) is 12.2. The van der Waals surface area contributed by atoms with Crippen molar-refractivity contribution in [2.45, 2.75) is 130 Å². The summed E-state index contributed by atoms with van der Waals surface area (Å²) in [6, 6.07) is 9.94.